The lowest BCUT2D eigenvalue weighted by Crippen LogP contribution is -2.11. The molecule has 0 spiro atoms. The molecule has 0 fully saturated rings. The van der Waals surface area contributed by atoms with Crippen molar-refractivity contribution in [3.8, 4) is 0 Å². The Balaban J connectivity index is 3.32. The first-order valence-corrected chi connectivity index (χ1v) is 3.90. The molecule has 2 N–H and O–H groups in total. The van der Waals surface area contributed by atoms with Gasteiger partial charge in [-0.05, 0) is 17.7 Å². The van der Waals surface area contributed by atoms with E-state index >= 15 is 0 Å². The number of aromatic carboxylic acids is 1. The van der Waals surface area contributed by atoms with E-state index in [0.29, 0.717) is 6.07 Å². The van der Waals surface area contributed by atoms with Crippen molar-refractivity contribution in [2.24, 2.45) is 0 Å². The molecule has 0 bridgehead atoms. The second kappa shape index (κ2) is 3.90. The quantitative estimate of drug-likeness (QED) is 0.800. The summed E-state index contributed by atoms with van der Waals surface area (Å²) in [6.07, 6.45) is -4.66. The van der Waals surface area contributed by atoms with Gasteiger partial charge in [0.1, 0.15) is 0 Å². The Kier molecular flexibility index (Phi) is 2.99. The van der Waals surface area contributed by atoms with Gasteiger partial charge in [0.15, 0.2) is 0 Å². The summed E-state index contributed by atoms with van der Waals surface area (Å²) in [4.78, 5) is 10.4. The van der Waals surface area contributed by atoms with Gasteiger partial charge >= 0.3 is 12.1 Å². The minimum Gasteiger partial charge on any atom is -0.478 e. The minimum atomic E-state index is -4.66. The molecule has 0 heterocycles. The van der Waals surface area contributed by atoms with Crippen LogP contribution >= 0.6 is 0 Å². The van der Waals surface area contributed by atoms with E-state index in [9.17, 15) is 18.0 Å². The average Bonchev–Trinajstić information content (AvgIpc) is 2.15. The highest BCUT2D eigenvalue weighted by Gasteiger charge is 2.33. The van der Waals surface area contributed by atoms with Gasteiger partial charge in [-0.1, -0.05) is 6.07 Å². The van der Waals surface area contributed by atoms with Crippen molar-refractivity contribution < 1.29 is 28.2 Å². The Morgan fingerprint density at radius 2 is 1.93 bits per heavy atom. The summed E-state index contributed by atoms with van der Waals surface area (Å²) in [7, 11) is 0. The largest absolute Gasteiger partial charge is 0.478 e. The number of hydrogen-bond donors (Lipinski definition) is 2. The third kappa shape index (κ3) is 2.47. The van der Waals surface area contributed by atoms with E-state index in [4.69, 9.17) is 10.2 Å². The van der Waals surface area contributed by atoms with E-state index in [-0.39, 0.29) is 5.56 Å². The van der Waals surface area contributed by atoms with Crippen LogP contribution in [-0.4, -0.2) is 16.2 Å². The third-order valence-electron chi connectivity index (χ3n) is 1.83. The summed E-state index contributed by atoms with van der Waals surface area (Å²) in [6.45, 7) is -0.783. The van der Waals surface area contributed by atoms with Crippen LogP contribution in [0.5, 0.6) is 0 Å². The fourth-order valence-electron chi connectivity index (χ4n) is 1.11. The Hall–Kier alpha value is -1.56. The van der Waals surface area contributed by atoms with Crippen LogP contribution in [0.25, 0.3) is 0 Å². The molecule has 0 aliphatic carbocycles. The van der Waals surface area contributed by atoms with Crippen LogP contribution in [0.4, 0.5) is 13.2 Å². The number of halogens is 3. The molecule has 0 saturated heterocycles. The zero-order valence-electron chi connectivity index (χ0n) is 7.38. The van der Waals surface area contributed by atoms with Crippen LogP contribution in [0.15, 0.2) is 18.2 Å². The van der Waals surface area contributed by atoms with Crippen LogP contribution in [0.2, 0.25) is 0 Å². The lowest BCUT2D eigenvalue weighted by Gasteiger charge is -2.11. The summed E-state index contributed by atoms with van der Waals surface area (Å²) >= 11 is 0. The monoisotopic (exact) mass is 220 g/mol. The number of carboxylic acids is 1. The van der Waals surface area contributed by atoms with Gasteiger partial charge in [-0.25, -0.2) is 4.79 Å². The van der Waals surface area contributed by atoms with Gasteiger partial charge in [0, 0.05) is 0 Å². The molecule has 0 aliphatic rings. The van der Waals surface area contributed by atoms with Crippen LogP contribution in [0.3, 0.4) is 0 Å². The molecule has 0 saturated carbocycles. The molecule has 82 valence electrons. The highest BCUT2D eigenvalue weighted by molar-refractivity contribution is 5.87. The van der Waals surface area contributed by atoms with Crippen molar-refractivity contribution in [3.05, 3.63) is 34.9 Å². The third-order valence-corrected chi connectivity index (χ3v) is 1.83. The standard InChI is InChI=1S/C9H7F3O3/c10-9(11,12)7-3-5(8(14)15)1-2-6(7)4-13/h1-3,13H,4H2,(H,14,15). The molecule has 1 aromatic rings. The first kappa shape index (κ1) is 11.5. The summed E-state index contributed by atoms with van der Waals surface area (Å²) in [5.41, 5.74) is -1.92. The van der Waals surface area contributed by atoms with Crippen LogP contribution < -0.4 is 0 Å². The van der Waals surface area contributed by atoms with Crippen LogP contribution in [0, 0.1) is 0 Å². The molecule has 0 aromatic heterocycles. The second-order valence-electron chi connectivity index (χ2n) is 2.83. The molecular weight excluding hydrogens is 213 g/mol. The van der Waals surface area contributed by atoms with Gasteiger partial charge in [0.2, 0.25) is 0 Å². The fourth-order valence-corrected chi connectivity index (χ4v) is 1.11. The Labute approximate surface area is 82.8 Å². The highest BCUT2D eigenvalue weighted by atomic mass is 19.4. The molecule has 0 radical (unpaired) electrons. The number of aliphatic hydroxyl groups is 1. The van der Waals surface area contributed by atoms with Crippen molar-refractivity contribution >= 4 is 5.97 Å². The molecule has 1 rings (SSSR count). The topological polar surface area (TPSA) is 57.5 Å². The smallest absolute Gasteiger partial charge is 0.416 e. The van der Waals surface area contributed by atoms with E-state index < -0.39 is 29.9 Å². The number of hydrogen-bond acceptors (Lipinski definition) is 2. The van der Waals surface area contributed by atoms with Gasteiger partial charge in [0.05, 0.1) is 17.7 Å². The number of carbonyl (C=O) groups is 1. The summed E-state index contributed by atoms with van der Waals surface area (Å²) in [5, 5.41) is 17.2. The number of rotatable bonds is 2. The summed E-state index contributed by atoms with van der Waals surface area (Å²) in [6, 6.07) is 2.48. The zero-order valence-corrected chi connectivity index (χ0v) is 7.38. The van der Waals surface area contributed by atoms with Crippen molar-refractivity contribution in [3.63, 3.8) is 0 Å². The molecule has 0 aliphatic heterocycles. The highest BCUT2D eigenvalue weighted by Crippen LogP contribution is 2.32. The van der Waals surface area contributed by atoms with Crippen LogP contribution in [-0.2, 0) is 12.8 Å². The molecule has 6 heteroatoms. The lowest BCUT2D eigenvalue weighted by atomic mass is 10.0. The zero-order chi connectivity index (χ0) is 11.6. The average molecular weight is 220 g/mol. The van der Waals surface area contributed by atoms with E-state index in [0.717, 1.165) is 12.1 Å². The fraction of sp³-hybridized carbons (Fsp3) is 0.222. The predicted octanol–water partition coefficient (Wildman–Crippen LogP) is 1.90. The SMILES string of the molecule is O=C(O)c1ccc(CO)c(C(F)(F)F)c1. The molecule has 15 heavy (non-hydrogen) atoms. The minimum absolute atomic E-state index is 0.340. The Morgan fingerprint density at radius 3 is 2.33 bits per heavy atom. The van der Waals surface area contributed by atoms with Gasteiger partial charge in [-0.2, -0.15) is 13.2 Å². The molecule has 0 atom stereocenters. The number of aliphatic hydroxyl groups excluding tert-OH is 1. The lowest BCUT2D eigenvalue weighted by molar-refractivity contribution is -0.138. The molecular formula is C9H7F3O3. The predicted molar refractivity (Wildman–Crippen MR) is 44.3 cm³/mol. The first-order chi connectivity index (χ1) is 6.86. The number of alkyl halides is 3. The van der Waals surface area contributed by atoms with Crippen molar-refractivity contribution in [2.45, 2.75) is 12.8 Å². The summed E-state index contributed by atoms with van der Waals surface area (Å²) < 4.78 is 37.1. The molecule has 0 unspecified atom stereocenters. The van der Waals surface area contributed by atoms with Gasteiger partial charge < -0.3 is 10.2 Å². The van der Waals surface area contributed by atoms with Crippen molar-refractivity contribution in [1.29, 1.82) is 0 Å². The van der Waals surface area contributed by atoms with Crippen LogP contribution in [0.1, 0.15) is 21.5 Å². The maximum Gasteiger partial charge on any atom is 0.416 e. The maximum atomic E-state index is 12.4. The molecule has 3 nitrogen and oxygen atoms in total. The maximum absolute atomic E-state index is 12.4. The number of carboxylic acid groups (broad SMARTS) is 1. The second-order valence-corrected chi connectivity index (χ2v) is 2.83. The first-order valence-electron chi connectivity index (χ1n) is 3.90. The van der Waals surface area contributed by atoms with Gasteiger partial charge in [-0.3, -0.25) is 0 Å². The number of benzene rings is 1. The van der Waals surface area contributed by atoms with E-state index in [1.165, 1.54) is 0 Å². The van der Waals surface area contributed by atoms with Gasteiger partial charge in [-0.15, -0.1) is 0 Å². The van der Waals surface area contributed by atoms with Crippen molar-refractivity contribution in [2.75, 3.05) is 0 Å². The molecule has 1 aromatic carbocycles. The Morgan fingerprint density at radius 1 is 1.33 bits per heavy atom. The summed E-state index contributed by atoms with van der Waals surface area (Å²) in [5.74, 6) is -1.44. The van der Waals surface area contributed by atoms with Crippen molar-refractivity contribution in [1.82, 2.24) is 0 Å². The Bertz CT molecular complexity index is 385. The van der Waals surface area contributed by atoms with Gasteiger partial charge in [0.25, 0.3) is 0 Å². The van der Waals surface area contributed by atoms with E-state index in [1.54, 1.807) is 0 Å². The van der Waals surface area contributed by atoms with E-state index in [1.807, 2.05) is 0 Å². The van der Waals surface area contributed by atoms with E-state index in [2.05, 4.69) is 0 Å². The normalized spacial score (nSPS) is 11.5. The molecule has 0 amide bonds.